The van der Waals surface area contributed by atoms with Gasteiger partial charge in [-0.05, 0) is 5.92 Å². The highest BCUT2D eigenvalue weighted by molar-refractivity contribution is 6.29. The number of nitrogens with zero attached hydrogens (tertiary/aromatic N) is 2. The Kier molecular flexibility index (Phi) is 3.50. The SMILES string of the molecule is NCCC#Cc1ncc(Cl)nc1N. The minimum atomic E-state index is 0.247. The first-order valence-corrected chi connectivity index (χ1v) is 4.09. The van der Waals surface area contributed by atoms with Gasteiger partial charge in [-0.25, -0.2) is 9.97 Å². The molecule has 13 heavy (non-hydrogen) atoms. The molecule has 4 nitrogen and oxygen atoms in total. The molecule has 0 atom stereocenters. The molecule has 0 aliphatic rings. The van der Waals surface area contributed by atoms with E-state index in [0.29, 0.717) is 18.7 Å². The fourth-order valence-corrected chi connectivity index (χ4v) is 0.835. The van der Waals surface area contributed by atoms with Crippen LogP contribution in [0.3, 0.4) is 0 Å². The summed E-state index contributed by atoms with van der Waals surface area (Å²) in [4.78, 5) is 7.72. The largest absolute Gasteiger partial charge is 0.381 e. The van der Waals surface area contributed by atoms with Gasteiger partial charge in [-0.3, -0.25) is 0 Å². The first-order chi connectivity index (χ1) is 6.24. The number of nitrogen functional groups attached to an aromatic ring is 1. The molecule has 1 aromatic heterocycles. The molecule has 0 bridgehead atoms. The van der Waals surface area contributed by atoms with Gasteiger partial charge in [0.05, 0.1) is 6.20 Å². The Morgan fingerprint density at radius 2 is 2.31 bits per heavy atom. The van der Waals surface area contributed by atoms with Gasteiger partial charge in [0.25, 0.3) is 0 Å². The number of nitrogens with two attached hydrogens (primary N) is 2. The molecule has 0 aromatic carbocycles. The number of anilines is 1. The zero-order valence-electron chi connectivity index (χ0n) is 6.92. The molecule has 0 spiro atoms. The molecular weight excluding hydrogens is 188 g/mol. The lowest BCUT2D eigenvalue weighted by atomic mass is 10.3. The third kappa shape index (κ3) is 2.90. The quantitative estimate of drug-likeness (QED) is 0.638. The van der Waals surface area contributed by atoms with Gasteiger partial charge in [0.15, 0.2) is 11.5 Å². The predicted molar refractivity (Wildman–Crippen MR) is 52.0 cm³/mol. The Hall–Kier alpha value is -1.31. The van der Waals surface area contributed by atoms with Gasteiger partial charge in [0.2, 0.25) is 0 Å². The molecule has 0 amide bonds. The Morgan fingerprint density at radius 3 is 2.92 bits per heavy atom. The van der Waals surface area contributed by atoms with Gasteiger partial charge in [-0.2, -0.15) is 0 Å². The molecule has 5 heteroatoms. The van der Waals surface area contributed by atoms with Gasteiger partial charge in [-0.1, -0.05) is 17.5 Å². The molecule has 0 fully saturated rings. The highest BCUT2D eigenvalue weighted by atomic mass is 35.5. The van der Waals surface area contributed by atoms with Gasteiger partial charge in [0.1, 0.15) is 5.15 Å². The minimum Gasteiger partial charge on any atom is -0.381 e. The summed E-state index contributed by atoms with van der Waals surface area (Å²) in [6.07, 6.45) is 2.02. The van der Waals surface area contributed by atoms with Crippen molar-refractivity contribution in [2.24, 2.45) is 5.73 Å². The fourth-order valence-electron chi connectivity index (χ4n) is 0.696. The summed E-state index contributed by atoms with van der Waals surface area (Å²) in [6, 6.07) is 0. The highest BCUT2D eigenvalue weighted by Gasteiger charge is 1.98. The van der Waals surface area contributed by atoms with E-state index in [0.717, 1.165) is 0 Å². The maximum atomic E-state index is 5.56. The standard InChI is InChI=1S/C8H9ClN4/c9-7-5-12-6(8(11)13-7)3-1-2-4-10/h5H,2,4,10H2,(H2,11,13). The van der Waals surface area contributed by atoms with Crippen molar-refractivity contribution in [1.29, 1.82) is 0 Å². The summed E-state index contributed by atoms with van der Waals surface area (Å²) < 4.78 is 0. The van der Waals surface area contributed by atoms with Crippen molar-refractivity contribution in [3.63, 3.8) is 0 Å². The van der Waals surface area contributed by atoms with Crippen molar-refractivity contribution >= 4 is 17.4 Å². The van der Waals surface area contributed by atoms with E-state index >= 15 is 0 Å². The van der Waals surface area contributed by atoms with Crippen molar-refractivity contribution in [2.45, 2.75) is 6.42 Å². The van der Waals surface area contributed by atoms with Crippen LogP contribution in [0.25, 0.3) is 0 Å². The lowest BCUT2D eigenvalue weighted by Gasteiger charge is -1.95. The first-order valence-electron chi connectivity index (χ1n) is 3.71. The second kappa shape index (κ2) is 4.65. The van der Waals surface area contributed by atoms with E-state index < -0.39 is 0 Å². The third-order valence-corrected chi connectivity index (χ3v) is 1.43. The van der Waals surface area contributed by atoms with Crippen LogP contribution in [0.4, 0.5) is 5.82 Å². The van der Waals surface area contributed by atoms with Crippen LogP contribution >= 0.6 is 11.6 Å². The second-order valence-corrected chi connectivity index (χ2v) is 2.65. The molecule has 0 aliphatic carbocycles. The third-order valence-electron chi connectivity index (χ3n) is 1.25. The van der Waals surface area contributed by atoms with Crippen LogP contribution in [0.15, 0.2) is 6.20 Å². The normalized spacial score (nSPS) is 9.08. The molecular formula is C8H9ClN4. The van der Waals surface area contributed by atoms with Gasteiger partial charge >= 0.3 is 0 Å². The monoisotopic (exact) mass is 196 g/mol. The lowest BCUT2D eigenvalue weighted by molar-refractivity contribution is 1.03. The van der Waals surface area contributed by atoms with E-state index in [-0.39, 0.29) is 11.0 Å². The highest BCUT2D eigenvalue weighted by Crippen LogP contribution is 2.08. The molecule has 1 heterocycles. The lowest BCUT2D eigenvalue weighted by Crippen LogP contribution is -1.98. The molecule has 0 radical (unpaired) electrons. The molecule has 1 aromatic rings. The van der Waals surface area contributed by atoms with E-state index in [2.05, 4.69) is 21.8 Å². The fraction of sp³-hybridized carbons (Fsp3) is 0.250. The molecule has 1 rings (SSSR count). The maximum absolute atomic E-state index is 5.56. The van der Waals surface area contributed by atoms with Crippen molar-refractivity contribution in [2.75, 3.05) is 12.3 Å². The smallest absolute Gasteiger partial charge is 0.159 e. The number of halogens is 1. The van der Waals surface area contributed by atoms with E-state index in [1.54, 1.807) is 0 Å². The van der Waals surface area contributed by atoms with Crippen LogP contribution in [0.1, 0.15) is 12.1 Å². The summed E-state index contributed by atoms with van der Waals surface area (Å²) in [5.74, 6) is 5.81. The minimum absolute atomic E-state index is 0.247. The van der Waals surface area contributed by atoms with E-state index in [1.807, 2.05) is 0 Å². The van der Waals surface area contributed by atoms with Crippen LogP contribution < -0.4 is 11.5 Å². The van der Waals surface area contributed by atoms with E-state index in [9.17, 15) is 0 Å². The summed E-state index contributed by atoms with van der Waals surface area (Å²) in [5.41, 5.74) is 11.2. The number of hydrogen-bond acceptors (Lipinski definition) is 4. The van der Waals surface area contributed by atoms with Gasteiger partial charge in [-0.15, -0.1) is 0 Å². The van der Waals surface area contributed by atoms with Crippen LogP contribution in [0, 0.1) is 11.8 Å². The summed E-state index contributed by atoms with van der Waals surface area (Å²) in [7, 11) is 0. The summed E-state index contributed by atoms with van der Waals surface area (Å²) in [6.45, 7) is 0.522. The Morgan fingerprint density at radius 1 is 1.54 bits per heavy atom. The molecule has 0 saturated heterocycles. The zero-order chi connectivity index (χ0) is 9.68. The number of hydrogen-bond donors (Lipinski definition) is 2. The van der Waals surface area contributed by atoms with Crippen LogP contribution in [-0.4, -0.2) is 16.5 Å². The van der Waals surface area contributed by atoms with Crippen molar-refractivity contribution in [3.8, 4) is 11.8 Å². The molecule has 4 N–H and O–H groups in total. The molecule has 0 aliphatic heterocycles. The number of aromatic nitrogens is 2. The summed E-state index contributed by atoms with van der Waals surface area (Å²) in [5, 5.41) is 0.266. The van der Waals surface area contributed by atoms with Crippen molar-refractivity contribution in [3.05, 3.63) is 17.0 Å². The zero-order valence-corrected chi connectivity index (χ0v) is 7.67. The van der Waals surface area contributed by atoms with Crippen LogP contribution in [0.2, 0.25) is 5.15 Å². The topological polar surface area (TPSA) is 77.8 Å². The molecule has 0 saturated carbocycles. The maximum Gasteiger partial charge on any atom is 0.159 e. The second-order valence-electron chi connectivity index (χ2n) is 2.27. The molecule has 0 unspecified atom stereocenters. The van der Waals surface area contributed by atoms with Crippen molar-refractivity contribution in [1.82, 2.24) is 9.97 Å². The van der Waals surface area contributed by atoms with Gasteiger partial charge in [0, 0.05) is 13.0 Å². The van der Waals surface area contributed by atoms with E-state index in [1.165, 1.54) is 6.20 Å². The Balaban J connectivity index is 2.85. The van der Waals surface area contributed by atoms with Gasteiger partial charge < -0.3 is 11.5 Å². The van der Waals surface area contributed by atoms with Crippen LogP contribution in [0.5, 0.6) is 0 Å². The number of rotatable bonds is 1. The Labute approximate surface area is 81.3 Å². The van der Waals surface area contributed by atoms with E-state index in [4.69, 9.17) is 23.1 Å². The first kappa shape index (κ1) is 9.78. The van der Waals surface area contributed by atoms with Crippen molar-refractivity contribution < 1.29 is 0 Å². The Bertz CT molecular complexity index is 353. The average molecular weight is 197 g/mol. The molecule has 68 valence electrons. The average Bonchev–Trinajstić information content (AvgIpc) is 2.09. The predicted octanol–water partition coefficient (Wildman–Crippen LogP) is 0.413. The summed E-state index contributed by atoms with van der Waals surface area (Å²) >= 11 is 5.56. The van der Waals surface area contributed by atoms with Crippen LogP contribution in [-0.2, 0) is 0 Å².